The summed E-state index contributed by atoms with van der Waals surface area (Å²) in [6.07, 6.45) is 8.84. The number of rotatable bonds is 4. The van der Waals surface area contributed by atoms with E-state index in [0.29, 0.717) is 6.54 Å². The number of nitrogens with one attached hydrogen (secondary N) is 1. The van der Waals surface area contributed by atoms with E-state index in [1.165, 1.54) is 0 Å². The fourth-order valence-corrected chi connectivity index (χ4v) is 3.91. The Morgan fingerprint density at radius 1 is 1.24 bits per heavy atom. The van der Waals surface area contributed by atoms with Crippen LogP contribution in [-0.2, 0) is 19.4 Å². The molecule has 4 heterocycles. The van der Waals surface area contributed by atoms with Crippen LogP contribution in [0.4, 0.5) is 4.79 Å². The average molecular weight is 343 g/mol. The molecule has 4 rings (SSSR count). The quantitative estimate of drug-likeness (QED) is 0.926. The first-order valence-corrected chi connectivity index (χ1v) is 9.32. The zero-order valence-corrected chi connectivity index (χ0v) is 14.5. The molecule has 0 saturated carbocycles. The Kier molecular flexibility index (Phi) is 4.72. The van der Waals surface area contributed by atoms with Crippen molar-refractivity contribution in [2.75, 3.05) is 13.1 Å². The van der Waals surface area contributed by atoms with Gasteiger partial charge >= 0.3 is 6.03 Å². The van der Waals surface area contributed by atoms with E-state index in [9.17, 15) is 4.79 Å². The van der Waals surface area contributed by atoms with Crippen molar-refractivity contribution in [2.45, 2.75) is 57.5 Å². The molecule has 7 nitrogen and oxygen atoms in total. The van der Waals surface area contributed by atoms with Crippen LogP contribution in [-0.4, -0.2) is 38.8 Å². The van der Waals surface area contributed by atoms with Gasteiger partial charge in [0.15, 0.2) is 0 Å². The molecule has 0 spiro atoms. The Bertz CT molecular complexity index is 709. The number of carbonyl (C=O) groups is 1. The van der Waals surface area contributed by atoms with Gasteiger partial charge in [-0.25, -0.2) is 4.79 Å². The lowest BCUT2D eigenvalue weighted by Crippen LogP contribution is -2.42. The summed E-state index contributed by atoms with van der Waals surface area (Å²) in [6.45, 7) is 2.36. The van der Waals surface area contributed by atoms with Gasteiger partial charge in [-0.3, -0.25) is 0 Å². The van der Waals surface area contributed by atoms with Gasteiger partial charge in [0.05, 0.1) is 12.3 Å². The number of furan rings is 1. The fourth-order valence-electron chi connectivity index (χ4n) is 3.91. The number of hydrogen-bond acceptors (Lipinski definition) is 4. The van der Waals surface area contributed by atoms with E-state index in [2.05, 4.69) is 20.1 Å². The minimum atomic E-state index is -0.00976. The molecule has 1 fully saturated rings. The second-order valence-electron chi connectivity index (χ2n) is 6.84. The molecule has 7 heteroatoms. The number of fused-ring (bicyclic) bond motifs is 1. The van der Waals surface area contributed by atoms with Gasteiger partial charge in [0.1, 0.15) is 17.4 Å². The maximum atomic E-state index is 12.7. The first-order valence-electron chi connectivity index (χ1n) is 9.32. The lowest BCUT2D eigenvalue weighted by Gasteiger charge is -2.28. The predicted molar refractivity (Wildman–Crippen MR) is 92.1 cm³/mol. The van der Waals surface area contributed by atoms with Gasteiger partial charge in [-0.1, -0.05) is 12.8 Å². The number of amides is 2. The number of urea groups is 1. The molecule has 2 aromatic heterocycles. The van der Waals surface area contributed by atoms with Crippen molar-refractivity contribution in [3.63, 3.8) is 0 Å². The van der Waals surface area contributed by atoms with Crippen molar-refractivity contribution in [1.29, 1.82) is 0 Å². The second kappa shape index (κ2) is 7.29. The predicted octanol–water partition coefficient (Wildman–Crippen LogP) is 2.69. The highest BCUT2D eigenvalue weighted by Crippen LogP contribution is 2.30. The summed E-state index contributed by atoms with van der Waals surface area (Å²) >= 11 is 0. The van der Waals surface area contributed by atoms with Gasteiger partial charge < -0.3 is 19.2 Å². The number of aromatic nitrogens is 3. The highest BCUT2D eigenvalue weighted by Gasteiger charge is 2.28. The minimum absolute atomic E-state index is 0.00976. The third-order valence-electron chi connectivity index (χ3n) is 5.20. The highest BCUT2D eigenvalue weighted by molar-refractivity contribution is 5.74. The van der Waals surface area contributed by atoms with Crippen LogP contribution in [0, 0.1) is 0 Å². The van der Waals surface area contributed by atoms with Crippen molar-refractivity contribution in [3.8, 4) is 0 Å². The highest BCUT2D eigenvalue weighted by atomic mass is 16.3. The molecule has 0 aromatic carbocycles. The number of likely N-dealkylation sites (tertiary alicyclic amines) is 1. The van der Waals surface area contributed by atoms with Gasteiger partial charge in [0.2, 0.25) is 0 Å². The van der Waals surface area contributed by atoms with E-state index in [4.69, 9.17) is 4.42 Å². The van der Waals surface area contributed by atoms with E-state index in [0.717, 1.165) is 75.4 Å². The number of hydrogen-bond donors (Lipinski definition) is 1. The molecular formula is C18H25N5O2. The number of aryl methyl sites for hydroxylation is 1. The third kappa shape index (κ3) is 3.41. The van der Waals surface area contributed by atoms with Gasteiger partial charge in [-0.05, 0) is 31.4 Å². The van der Waals surface area contributed by atoms with E-state index < -0.39 is 0 Å². The first-order chi connectivity index (χ1) is 12.3. The molecule has 2 amide bonds. The maximum absolute atomic E-state index is 12.7. The Balaban J connectivity index is 1.37. The largest absolute Gasteiger partial charge is 0.467 e. The normalized spacial score (nSPS) is 20.3. The summed E-state index contributed by atoms with van der Waals surface area (Å²) in [6, 6.07) is 3.89. The summed E-state index contributed by atoms with van der Waals surface area (Å²) in [5.74, 6) is 2.94. The van der Waals surface area contributed by atoms with Gasteiger partial charge in [0, 0.05) is 32.5 Å². The zero-order chi connectivity index (χ0) is 17.1. The van der Waals surface area contributed by atoms with Crippen molar-refractivity contribution in [2.24, 2.45) is 0 Å². The fraction of sp³-hybridized carbons (Fsp3) is 0.611. The minimum Gasteiger partial charge on any atom is -0.467 e. The smallest absolute Gasteiger partial charge is 0.318 e. The molecule has 2 aromatic rings. The molecule has 1 atom stereocenters. The van der Waals surface area contributed by atoms with E-state index >= 15 is 0 Å². The van der Waals surface area contributed by atoms with Crippen LogP contribution in [0.1, 0.15) is 55.6 Å². The monoisotopic (exact) mass is 343 g/mol. The Morgan fingerprint density at radius 2 is 2.20 bits per heavy atom. The molecule has 1 saturated heterocycles. The average Bonchev–Trinajstić information content (AvgIpc) is 3.32. The lowest BCUT2D eigenvalue weighted by atomic mass is 10.1. The molecule has 0 bridgehead atoms. The molecule has 0 unspecified atom stereocenters. The van der Waals surface area contributed by atoms with E-state index in [1.54, 1.807) is 6.26 Å². The van der Waals surface area contributed by atoms with Crippen molar-refractivity contribution in [3.05, 3.63) is 35.8 Å². The van der Waals surface area contributed by atoms with Crippen LogP contribution in [0.15, 0.2) is 22.8 Å². The van der Waals surface area contributed by atoms with Crippen LogP contribution < -0.4 is 5.32 Å². The van der Waals surface area contributed by atoms with Gasteiger partial charge in [-0.15, -0.1) is 10.2 Å². The summed E-state index contributed by atoms with van der Waals surface area (Å²) in [5, 5.41) is 11.5. The third-order valence-corrected chi connectivity index (χ3v) is 5.20. The Morgan fingerprint density at radius 3 is 3.08 bits per heavy atom. The maximum Gasteiger partial charge on any atom is 0.318 e. The molecule has 0 aliphatic carbocycles. The molecule has 1 N–H and O–H groups in total. The molecule has 0 radical (unpaired) electrons. The van der Waals surface area contributed by atoms with Gasteiger partial charge in [0.25, 0.3) is 0 Å². The standard InChI is InChI=1S/C18H25N5O2/c24-18(19-10-9-17-21-20-16-8-4-12-23(16)17)22-11-3-1-2-6-14(22)15-7-5-13-25-15/h5,7,13-14H,1-4,6,8-12H2,(H,19,24)/t14-/m1/s1. The van der Waals surface area contributed by atoms with Crippen LogP contribution in [0.25, 0.3) is 0 Å². The van der Waals surface area contributed by atoms with Gasteiger partial charge in [-0.2, -0.15) is 0 Å². The molecule has 2 aliphatic rings. The summed E-state index contributed by atoms with van der Waals surface area (Å²) in [5.41, 5.74) is 0. The Hall–Kier alpha value is -2.31. The molecule has 2 aliphatic heterocycles. The SMILES string of the molecule is O=C(NCCc1nnc2n1CCC2)N1CCCCC[C@@H]1c1ccco1. The lowest BCUT2D eigenvalue weighted by molar-refractivity contribution is 0.166. The van der Waals surface area contributed by atoms with E-state index in [-0.39, 0.29) is 12.1 Å². The number of carbonyl (C=O) groups excluding carboxylic acids is 1. The van der Waals surface area contributed by atoms with Crippen molar-refractivity contribution in [1.82, 2.24) is 25.0 Å². The molecular weight excluding hydrogens is 318 g/mol. The zero-order valence-electron chi connectivity index (χ0n) is 14.5. The van der Waals surface area contributed by atoms with Crippen molar-refractivity contribution >= 4 is 6.03 Å². The number of nitrogens with zero attached hydrogens (tertiary/aromatic N) is 4. The summed E-state index contributed by atoms with van der Waals surface area (Å²) in [7, 11) is 0. The summed E-state index contributed by atoms with van der Waals surface area (Å²) in [4.78, 5) is 14.7. The van der Waals surface area contributed by atoms with Crippen molar-refractivity contribution < 1.29 is 9.21 Å². The molecule has 134 valence electrons. The summed E-state index contributed by atoms with van der Waals surface area (Å²) < 4.78 is 7.76. The van der Waals surface area contributed by atoms with E-state index in [1.807, 2.05) is 17.0 Å². The molecule has 25 heavy (non-hydrogen) atoms. The Labute approximate surface area is 147 Å². The first kappa shape index (κ1) is 16.2. The van der Waals surface area contributed by atoms with Crippen LogP contribution >= 0.6 is 0 Å². The topological polar surface area (TPSA) is 76.2 Å². The van der Waals surface area contributed by atoms with Crippen LogP contribution in [0.3, 0.4) is 0 Å². The van der Waals surface area contributed by atoms with Crippen LogP contribution in [0.5, 0.6) is 0 Å². The van der Waals surface area contributed by atoms with Crippen LogP contribution in [0.2, 0.25) is 0 Å². The second-order valence-corrected chi connectivity index (χ2v) is 6.84.